The maximum absolute atomic E-state index is 12.3. The van der Waals surface area contributed by atoms with Crippen LogP contribution >= 0.6 is 0 Å². The molecule has 0 atom stereocenters. The normalized spacial score (nSPS) is 12.1. The molecular weight excluding hydrogens is 360 g/mol. The van der Waals surface area contributed by atoms with E-state index in [4.69, 9.17) is 0 Å². The quantitative estimate of drug-likeness (QED) is 0.705. The summed E-state index contributed by atoms with van der Waals surface area (Å²) < 4.78 is 50.2. The Bertz CT molecular complexity index is 911. The van der Waals surface area contributed by atoms with Crippen LogP contribution in [0.3, 0.4) is 0 Å². The average molecular weight is 383 g/mol. The molecule has 0 saturated carbocycles. The van der Waals surface area contributed by atoms with Crippen molar-refractivity contribution < 1.29 is 16.8 Å². The third kappa shape index (κ3) is 5.55. The minimum atomic E-state index is -3.74. The van der Waals surface area contributed by atoms with Gasteiger partial charge in [-0.3, -0.25) is 0 Å². The molecule has 136 valence electrons. The molecule has 2 aromatic carbocycles. The van der Waals surface area contributed by atoms with Crippen molar-refractivity contribution in [2.24, 2.45) is 0 Å². The number of benzene rings is 2. The molecule has 8 heteroatoms. The number of sulfonamides is 1. The number of anilines is 1. The highest BCUT2D eigenvalue weighted by molar-refractivity contribution is 7.91. The highest BCUT2D eigenvalue weighted by Gasteiger charge is 2.16. The Morgan fingerprint density at radius 1 is 0.920 bits per heavy atom. The van der Waals surface area contributed by atoms with Gasteiger partial charge in [0, 0.05) is 32.1 Å². The fourth-order valence-corrected chi connectivity index (χ4v) is 4.15. The van der Waals surface area contributed by atoms with Crippen LogP contribution in [0.25, 0.3) is 0 Å². The molecule has 0 saturated heterocycles. The van der Waals surface area contributed by atoms with Crippen LogP contribution in [0.2, 0.25) is 0 Å². The highest BCUT2D eigenvalue weighted by Crippen LogP contribution is 2.15. The topological polar surface area (TPSA) is 83.6 Å². The molecule has 25 heavy (non-hydrogen) atoms. The summed E-state index contributed by atoms with van der Waals surface area (Å²) in [7, 11) is -5.25. The van der Waals surface area contributed by atoms with E-state index in [-0.39, 0.29) is 16.3 Å². The Hall–Kier alpha value is -1.90. The third-order valence-corrected chi connectivity index (χ3v) is 6.27. The van der Waals surface area contributed by atoms with Crippen LogP contribution in [0.4, 0.5) is 5.69 Å². The largest absolute Gasteiger partial charge is 0.375 e. The van der Waals surface area contributed by atoms with Crippen LogP contribution in [-0.4, -0.2) is 43.2 Å². The van der Waals surface area contributed by atoms with Crippen molar-refractivity contribution in [1.82, 2.24) is 4.72 Å². The smallest absolute Gasteiger partial charge is 0.240 e. The molecule has 0 aliphatic heterocycles. The summed E-state index contributed by atoms with van der Waals surface area (Å²) in [5.74, 6) is 0. The van der Waals surface area contributed by atoms with E-state index in [9.17, 15) is 16.8 Å². The van der Waals surface area contributed by atoms with Gasteiger partial charge in [0.2, 0.25) is 10.0 Å². The van der Waals surface area contributed by atoms with Gasteiger partial charge in [-0.15, -0.1) is 0 Å². The minimum Gasteiger partial charge on any atom is -0.375 e. The van der Waals surface area contributed by atoms with Gasteiger partial charge in [0.1, 0.15) is 0 Å². The fourth-order valence-electron chi connectivity index (χ4n) is 2.29. The molecule has 0 aliphatic rings. The Labute approximate surface area is 149 Å². The summed E-state index contributed by atoms with van der Waals surface area (Å²) in [6.45, 7) is 0.957. The van der Waals surface area contributed by atoms with Crippen molar-refractivity contribution in [3.05, 3.63) is 54.6 Å². The van der Waals surface area contributed by atoms with Crippen molar-refractivity contribution in [3.8, 4) is 0 Å². The van der Waals surface area contributed by atoms with Gasteiger partial charge in [-0.2, -0.15) is 0 Å². The van der Waals surface area contributed by atoms with Crippen LogP contribution in [0, 0.1) is 0 Å². The molecule has 0 fully saturated rings. The molecule has 2 rings (SSSR count). The van der Waals surface area contributed by atoms with E-state index in [1.54, 1.807) is 0 Å². The first-order valence-corrected chi connectivity index (χ1v) is 11.1. The van der Waals surface area contributed by atoms with Crippen molar-refractivity contribution in [3.63, 3.8) is 0 Å². The van der Waals surface area contributed by atoms with E-state index in [0.717, 1.165) is 11.9 Å². The van der Waals surface area contributed by atoms with Crippen molar-refractivity contribution in [2.45, 2.75) is 16.2 Å². The summed E-state index contributed by atoms with van der Waals surface area (Å²) in [5, 5.41) is 0. The third-order valence-electron chi connectivity index (χ3n) is 3.70. The molecule has 6 nitrogen and oxygen atoms in total. The lowest BCUT2D eigenvalue weighted by molar-refractivity contribution is 0.578. The zero-order valence-corrected chi connectivity index (χ0v) is 15.8. The van der Waals surface area contributed by atoms with Crippen LogP contribution in [0.5, 0.6) is 0 Å². The average Bonchev–Trinajstić information content (AvgIpc) is 2.59. The fraction of sp³-hybridized carbons (Fsp3) is 0.294. The lowest BCUT2D eigenvalue weighted by atomic mass is 10.3. The van der Waals surface area contributed by atoms with Crippen molar-refractivity contribution in [2.75, 3.05) is 31.3 Å². The number of hydrogen-bond donors (Lipinski definition) is 1. The first-order chi connectivity index (χ1) is 11.7. The maximum Gasteiger partial charge on any atom is 0.240 e. The lowest BCUT2D eigenvalue weighted by Crippen LogP contribution is -2.28. The number of para-hydroxylation sites is 1. The van der Waals surface area contributed by atoms with Crippen LogP contribution in [0.1, 0.15) is 6.42 Å². The summed E-state index contributed by atoms with van der Waals surface area (Å²) in [4.78, 5) is 1.98. The molecule has 0 radical (unpaired) electrons. The molecule has 0 unspecified atom stereocenters. The van der Waals surface area contributed by atoms with Gasteiger partial charge >= 0.3 is 0 Å². The molecule has 0 aromatic heterocycles. The summed E-state index contributed by atoms with van der Waals surface area (Å²) in [6, 6.07) is 15.2. The Morgan fingerprint density at radius 2 is 1.56 bits per heavy atom. The van der Waals surface area contributed by atoms with E-state index in [2.05, 4.69) is 4.72 Å². The summed E-state index contributed by atoms with van der Waals surface area (Å²) >= 11 is 0. The van der Waals surface area contributed by atoms with Crippen LogP contribution < -0.4 is 9.62 Å². The second-order valence-corrected chi connectivity index (χ2v) is 9.54. The second kappa shape index (κ2) is 7.99. The van der Waals surface area contributed by atoms with Crippen LogP contribution in [-0.2, 0) is 19.9 Å². The monoisotopic (exact) mass is 382 g/mol. The standard InChI is InChI=1S/C17H22N2O4S2/c1-19(15-8-4-3-5-9-15)13-7-12-18-25(22,23)17-11-6-10-16(14-17)24(2,20)21/h3-6,8-11,14,18H,7,12-13H2,1-2H3. The van der Waals surface area contributed by atoms with Gasteiger partial charge in [0.15, 0.2) is 9.84 Å². The molecule has 0 heterocycles. The Kier molecular flexibility index (Phi) is 6.21. The highest BCUT2D eigenvalue weighted by atomic mass is 32.2. The molecule has 1 N–H and O–H groups in total. The van der Waals surface area contributed by atoms with Gasteiger partial charge in [-0.05, 0) is 36.8 Å². The SMILES string of the molecule is CN(CCCNS(=O)(=O)c1cccc(S(C)(=O)=O)c1)c1ccccc1. The van der Waals surface area contributed by atoms with Gasteiger partial charge < -0.3 is 4.90 Å². The number of rotatable bonds is 8. The lowest BCUT2D eigenvalue weighted by Gasteiger charge is -2.19. The zero-order chi connectivity index (χ0) is 18.5. The van der Waals surface area contributed by atoms with Gasteiger partial charge in [0.05, 0.1) is 9.79 Å². The number of hydrogen-bond acceptors (Lipinski definition) is 5. The number of nitrogens with zero attached hydrogens (tertiary/aromatic N) is 1. The van der Waals surface area contributed by atoms with E-state index < -0.39 is 19.9 Å². The second-order valence-electron chi connectivity index (χ2n) is 5.76. The van der Waals surface area contributed by atoms with Crippen molar-refractivity contribution >= 4 is 25.5 Å². The van der Waals surface area contributed by atoms with E-state index in [1.807, 2.05) is 42.3 Å². The minimum absolute atomic E-state index is 0.0146. The number of sulfone groups is 1. The van der Waals surface area contributed by atoms with Gasteiger partial charge in [0.25, 0.3) is 0 Å². The molecule has 0 aliphatic carbocycles. The Morgan fingerprint density at radius 3 is 2.20 bits per heavy atom. The first kappa shape index (κ1) is 19.4. The first-order valence-electron chi connectivity index (χ1n) is 7.76. The maximum atomic E-state index is 12.3. The summed E-state index contributed by atoms with van der Waals surface area (Å²) in [6.07, 6.45) is 1.67. The molecule has 0 bridgehead atoms. The molecule has 0 spiro atoms. The van der Waals surface area contributed by atoms with E-state index in [1.165, 1.54) is 24.3 Å². The zero-order valence-electron chi connectivity index (χ0n) is 14.2. The predicted octanol–water partition coefficient (Wildman–Crippen LogP) is 1.89. The predicted molar refractivity (Wildman–Crippen MR) is 99.1 cm³/mol. The van der Waals surface area contributed by atoms with Gasteiger partial charge in [-0.1, -0.05) is 24.3 Å². The number of nitrogens with one attached hydrogen (secondary N) is 1. The van der Waals surface area contributed by atoms with Gasteiger partial charge in [-0.25, -0.2) is 21.6 Å². The van der Waals surface area contributed by atoms with E-state index in [0.29, 0.717) is 13.0 Å². The molecular formula is C17H22N2O4S2. The van der Waals surface area contributed by atoms with Crippen LogP contribution in [0.15, 0.2) is 64.4 Å². The van der Waals surface area contributed by atoms with E-state index >= 15 is 0 Å². The Balaban J connectivity index is 1.94. The summed E-state index contributed by atoms with van der Waals surface area (Å²) in [5.41, 5.74) is 1.06. The molecule has 0 amide bonds. The van der Waals surface area contributed by atoms with Crippen molar-refractivity contribution in [1.29, 1.82) is 0 Å². The molecule has 2 aromatic rings.